The molecule has 3 heterocycles. The summed E-state index contributed by atoms with van der Waals surface area (Å²) < 4.78 is 12.9. The third-order valence-electron chi connectivity index (χ3n) is 11.5. The maximum Gasteiger partial charge on any atom is 0.167 e. The van der Waals surface area contributed by atoms with E-state index in [1.807, 2.05) is 42.5 Å². The normalized spacial score (nSPS) is 16.2. The van der Waals surface area contributed by atoms with E-state index >= 15 is 0 Å². The molecule has 2 unspecified atom stereocenters. The van der Waals surface area contributed by atoms with Gasteiger partial charge in [-0.2, -0.15) is 0 Å². The summed E-state index contributed by atoms with van der Waals surface area (Å²) in [6.07, 6.45) is 11.3. The van der Waals surface area contributed by atoms with E-state index in [0.29, 0.717) is 17.5 Å². The Morgan fingerprint density at radius 1 is 0.464 bits per heavy atom. The zero-order chi connectivity index (χ0) is 36.7. The number of hydrogen-bond donors (Lipinski definition) is 0. The summed E-state index contributed by atoms with van der Waals surface area (Å²) in [6, 6.07) is 50.5. The van der Waals surface area contributed by atoms with Crippen LogP contribution in [-0.2, 0) is 0 Å². The lowest BCUT2D eigenvalue weighted by Crippen LogP contribution is -2.15. The van der Waals surface area contributed by atoms with E-state index in [-0.39, 0.29) is 11.8 Å². The molecule has 0 fully saturated rings. The lowest BCUT2D eigenvalue weighted by atomic mass is 9.76. The Kier molecular flexibility index (Phi) is 6.69. The second-order valence-electron chi connectivity index (χ2n) is 14.7. The van der Waals surface area contributed by atoms with Gasteiger partial charge in [0, 0.05) is 44.5 Å². The van der Waals surface area contributed by atoms with Crippen LogP contribution in [0, 0.1) is 5.92 Å². The van der Waals surface area contributed by atoms with E-state index in [2.05, 4.69) is 134 Å². The molecule has 2 aliphatic carbocycles. The molecule has 0 radical (unpaired) electrons. The number of fused-ring (bicyclic) bond motifs is 10. The molecule has 0 aliphatic heterocycles. The molecule has 2 aliphatic rings. The molecule has 0 N–H and O–H groups in total. The number of furan rings is 2. The summed E-state index contributed by atoms with van der Waals surface area (Å²) in [6.45, 7) is 0. The Balaban J connectivity index is 1.09. The minimum atomic E-state index is 0.185. The molecule has 5 heteroatoms. The molecular weight excluding hydrogens is 687 g/mol. The largest absolute Gasteiger partial charge is 0.456 e. The maximum absolute atomic E-state index is 6.53. The van der Waals surface area contributed by atoms with Crippen molar-refractivity contribution < 1.29 is 8.83 Å². The molecule has 0 amide bonds. The highest BCUT2D eigenvalue weighted by Gasteiger charge is 2.27. The first-order valence-corrected chi connectivity index (χ1v) is 19.0. The summed E-state index contributed by atoms with van der Waals surface area (Å²) in [4.78, 5) is 15.8. The summed E-state index contributed by atoms with van der Waals surface area (Å²) in [5.41, 5.74) is 10.8. The minimum absolute atomic E-state index is 0.185. The van der Waals surface area contributed by atoms with Gasteiger partial charge in [0.25, 0.3) is 0 Å². The number of nitrogens with zero attached hydrogens (tertiary/aromatic N) is 3. The number of hydrogen-bond acceptors (Lipinski definition) is 5. The molecule has 56 heavy (non-hydrogen) atoms. The molecule has 0 bridgehead atoms. The van der Waals surface area contributed by atoms with Gasteiger partial charge in [-0.3, -0.25) is 0 Å². The van der Waals surface area contributed by atoms with Crippen molar-refractivity contribution in [2.75, 3.05) is 0 Å². The molecule has 7 aromatic carbocycles. The van der Waals surface area contributed by atoms with E-state index in [4.69, 9.17) is 23.8 Å². The fourth-order valence-electron chi connectivity index (χ4n) is 8.86. The van der Waals surface area contributed by atoms with Crippen LogP contribution < -0.4 is 0 Å². The van der Waals surface area contributed by atoms with Crippen molar-refractivity contribution in [3.8, 4) is 33.9 Å². The number of para-hydroxylation sites is 3. The number of allylic oxidation sites excluding steroid dienone is 5. The predicted octanol–water partition coefficient (Wildman–Crippen LogP) is 13.2. The molecular formula is C51H31N3O2. The molecule has 262 valence electrons. The van der Waals surface area contributed by atoms with Crippen molar-refractivity contribution in [1.82, 2.24) is 15.0 Å². The standard InChI is InChI=1S/C51H31N3O2/c1-3-13-35-30(11-1)23-24-32-27-33(25-26-37(32)35)49-52-50(54-51(53-49)42-19-9-18-40-38-15-5-7-20-44(38)56-48(40)42)34-28-31-12-2-4-14-36(31)43(29-34)39-17-10-22-46-47(39)41-16-6-8-21-45(41)55-46/h1-29,32,37H. The number of benzene rings is 7. The molecule has 0 saturated carbocycles. The average Bonchev–Trinajstić information content (AvgIpc) is 3.84. The van der Waals surface area contributed by atoms with Crippen molar-refractivity contribution in [3.05, 3.63) is 187 Å². The van der Waals surface area contributed by atoms with Gasteiger partial charge in [-0.15, -0.1) is 0 Å². The van der Waals surface area contributed by atoms with Gasteiger partial charge in [-0.25, -0.2) is 15.0 Å². The van der Waals surface area contributed by atoms with Gasteiger partial charge >= 0.3 is 0 Å². The van der Waals surface area contributed by atoms with E-state index in [1.165, 1.54) is 11.1 Å². The molecule has 0 spiro atoms. The van der Waals surface area contributed by atoms with E-state index in [1.54, 1.807) is 0 Å². The van der Waals surface area contributed by atoms with Gasteiger partial charge in [-0.05, 0) is 69.4 Å². The first kappa shape index (κ1) is 31.0. The molecule has 5 nitrogen and oxygen atoms in total. The third kappa shape index (κ3) is 4.77. The smallest absolute Gasteiger partial charge is 0.167 e. The van der Waals surface area contributed by atoms with Crippen molar-refractivity contribution in [1.29, 1.82) is 0 Å². The van der Waals surface area contributed by atoms with Crippen LogP contribution >= 0.6 is 0 Å². The zero-order valence-corrected chi connectivity index (χ0v) is 30.1. The van der Waals surface area contributed by atoms with E-state index < -0.39 is 0 Å². The van der Waals surface area contributed by atoms with Crippen molar-refractivity contribution in [2.45, 2.75) is 5.92 Å². The van der Waals surface area contributed by atoms with Crippen LogP contribution in [0.15, 0.2) is 179 Å². The van der Waals surface area contributed by atoms with Gasteiger partial charge in [0.2, 0.25) is 0 Å². The van der Waals surface area contributed by atoms with Gasteiger partial charge in [-0.1, -0.05) is 140 Å². The predicted molar refractivity (Wildman–Crippen MR) is 227 cm³/mol. The molecule has 2 atom stereocenters. The quantitative estimate of drug-likeness (QED) is 0.181. The first-order chi connectivity index (χ1) is 27.7. The Hall–Kier alpha value is -7.37. The van der Waals surface area contributed by atoms with Crippen LogP contribution in [0.2, 0.25) is 0 Å². The fourth-order valence-corrected chi connectivity index (χ4v) is 8.86. The first-order valence-electron chi connectivity index (χ1n) is 19.0. The Labute approximate surface area is 321 Å². The summed E-state index contributed by atoms with van der Waals surface area (Å²) in [7, 11) is 0. The SMILES string of the molecule is C1=CC2c3ccccc3C=CC2C=C1c1nc(-c2cc(-c3cccc4oc5ccccc5c34)c3ccccc3c2)nc(-c2cccc3c2oc2ccccc23)n1. The average molecular weight is 718 g/mol. The van der Waals surface area contributed by atoms with Crippen LogP contribution in [0.5, 0.6) is 0 Å². The lowest BCUT2D eigenvalue weighted by Gasteiger charge is -2.28. The summed E-state index contributed by atoms with van der Waals surface area (Å²) in [5.74, 6) is 2.22. The monoisotopic (exact) mass is 717 g/mol. The van der Waals surface area contributed by atoms with Crippen LogP contribution in [0.1, 0.15) is 22.9 Å². The van der Waals surface area contributed by atoms with Crippen molar-refractivity contribution >= 4 is 66.3 Å². The summed E-state index contributed by atoms with van der Waals surface area (Å²) >= 11 is 0. The second kappa shape index (κ2) is 12.1. The topological polar surface area (TPSA) is 65.0 Å². The van der Waals surface area contributed by atoms with Crippen LogP contribution in [-0.4, -0.2) is 15.0 Å². The minimum Gasteiger partial charge on any atom is -0.456 e. The van der Waals surface area contributed by atoms with Gasteiger partial charge in [0.05, 0.1) is 5.56 Å². The highest BCUT2D eigenvalue weighted by molar-refractivity contribution is 6.16. The zero-order valence-electron chi connectivity index (χ0n) is 30.1. The third-order valence-corrected chi connectivity index (χ3v) is 11.5. The fraction of sp³-hybridized carbons (Fsp3) is 0.0392. The molecule has 0 saturated heterocycles. The molecule has 12 rings (SSSR count). The van der Waals surface area contributed by atoms with Crippen LogP contribution in [0.3, 0.4) is 0 Å². The lowest BCUT2D eigenvalue weighted by molar-refractivity contribution is 0.669. The Morgan fingerprint density at radius 3 is 2.09 bits per heavy atom. The molecule has 3 aromatic heterocycles. The highest BCUT2D eigenvalue weighted by atomic mass is 16.3. The van der Waals surface area contributed by atoms with E-state index in [0.717, 1.165) is 82.5 Å². The van der Waals surface area contributed by atoms with Crippen LogP contribution in [0.4, 0.5) is 0 Å². The summed E-state index contributed by atoms with van der Waals surface area (Å²) in [5, 5.41) is 6.51. The van der Waals surface area contributed by atoms with Crippen LogP contribution in [0.25, 0.3) is 100 Å². The molecule has 10 aromatic rings. The Morgan fingerprint density at radius 2 is 1.16 bits per heavy atom. The second-order valence-corrected chi connectivity index (χ2v) is 14.7. The van der Waals surface area contributed by atoms with Crippen molar-refractivity contribution in [2.24, 2.45) is 5.92 Å². The van der Waals surface area contributed by atoms with Gasteiger partial charge in [0.15, 0.2) is 17.5 Å². The van der Waals surface area contributed by atoms with Gasteiger partial charge in [0.1, 0.15) is 22.3 Å². The number of aromatic nitrogens is 3. The highest BCUT2D eigenvalue weighted by Crippen LogP contribution is 2.43. The van der Waals surface area contributed by atoms with E-state index in [9.17, 15) is 0 Å². The van der Waals surface area contributed by atoms with Crippen molar-refractivity contribution in [3.63, 3.8) is 0 Å². The van der Waals surface area contributed by atoms with Gasteiger partial charge < -0.3 is 8.83 Å². The number of rotatable bonds is 4. The maximum atomic E-state index is 6.53. The Bertz CT molecular complexity index is 3340.